The molecule has 0 fully saturated rings. The second-order valence-electron chi connectivity index (χ2n) is 5.54. The molecular formula is C18H22ClN3O2. The maximum atomic E-state index is 12.4. The van der Waals surface area contributed by atoms with Crippen LogP contribution in [0.15, 0.2) is 48.8 Å². The van der Waals surface area contributed by atoms with Crippen LogP contribution >= 0.6 is 11.6 Å². The van der Waals surface area contributed by atoms with Gasteiger partial charge in [0.05, 0.1) is 12.1 Å². The molecule has 0 aliphatic rings. The average molecular weight is 348 g/mol. The summed E-state index contributed by atoms with van der Waals surface area (Å²) in [5.41, 5.74) is 1.90. The Morgan fingerprint density at radius 2 is 2.08 bits per heavy atom. The Bertz CT molecular complexity index is 666. The van der Waals surface area contributed by atoms with E-state index in [1.54, 1.807) is 37.5 Å². The van der Waals surface area contributed by atoms with E-state index in [2.05, 4.69) is 10.3 Å². The minimum Gasteiger partial charge on any atom is -0.375 e. The summed E-state index contributed by atoms with van der Waals surface area (Å²) in [4.78, 5) is 18.1. The van der Waals surface area contributed by atoms with E-state index in [-0.39, 0.29) is 18.2 Å². The second-order valence-corrected chi connectivity index (χ2v) is 5.98. The average Bonchev–Trinajstić information content (AvgIpc) is 2.61. The molecule has 0 bridgehead atoms. The van der Waals surface area contributed by atoms with E-state index in [1.165, 1.54) is 0 Å². The maximum absolute atomic E-state index is 12.4. The van der Waals surface area contributed by atoms with Crippen LogP contribution in [-0.2, 0) is 4.74 Å². The van der Waals surface area contributed by atoms with Gasteiger partial charge in [0.2, 0.25) is 0 Å². The van der Waals surface area contributed by atoms with Gasteiger partial charge in [-0.1, -0.05) is 29.8 Å². The maximum Gasteiger partial charge on any atom is 0.317 e. The van der Waals surface area contributed by atoms with E-state index in [0.717, 1.165) is 11.1 Å². The molecule has 2 amide bonds. The number of benzene rings is 1. The zero-order chi connectivity index (χ0) is 17.5. The molecule has 0 aliphatic carbocycles. The number of nitrogens with zero attached hydrogens (tertiary/aromatic N) is 2. The van der Waals surface area contributed by atoms with Crippen molar-refractivity contribution in [2.75, 3.05) is 20.7 Å². The first kappa shape index (κ1) is 18.2. The lowest BCUT2D eigenvalue weighted by Gasteiger charge is -2.26. The van der Waals surface area contributed by atoms with Crippen LogP contribution in [0.4, 0.5) is 4.79 Å². The fraction of sp³-hybridized carbons (Fsp3) is 0.333. The minimum atomic E-state index is -0.255. The number of ether oxygens (including phenoxy) is 1. The number of pyridine rings is 1. The zero-order valence-electron chi connectivity index (χ0n) is 14.1. The van der Waals surface area contributed by atoms with E-state index >= 15 is 0 Å². The molecule has 1 aromatic carbocycles. The van der Waals surface area contributed by atoms with E-state index < -0.39 is 0 Å². The Morgan fingerprint density at radius 3 is 2.71 bits per heavy atom. The van der Waals surface area contributed by atoms with E-state index in [0.29, 0.717) is 11.6 Å². The molecule has 2 rings (SSSR count). The number of methoxy groups -OCH3 is 1. The Labute approximate surface area is 147 Å². The van der Waals surface area contributed by atoms with E-state index in [1.807, 2.05) is 37.3 Å². The third kappa shape index (κ3) is 4.69. The molecule has 5 nitrogen and oxygen atoms in total. The molecule has 1 heterocycles. The number of aromatic nitrogens is 1. The summed E-state index contributed by atoms with van der Waals surface area (Å²) in [6.07, 6.45) is 3.22. The molecule has 2 unspecified atom stereocenters. The molecule has 1 aromatic heterocycles. The van der Waals surface area contributed by atoms with Crippen molar-refractivity contribution >= 4 is 17.6 Å². The highest BCUT2D eigenvalue weighted by molar-refractivity contribution is 6.30. The van der Waals surface area contributed by atoms with Crippen LogP contribution in [-0.4, -0.2) is 36.6 Å². The third-order valence-electron chi connectivity index (χ3n) is 4.01. The van der Waals surface area contributed by atoms with E-state index in [9.17, 15) is 4.79 Å². The highest BCUT2D eigenvalue weighted by atomic mass is 35.5. The highest BCUT2D eigenvalue weighted by Gasteiger charge is 2.19. The number of amides is 2. The van der Waals surface area contributed by atoms with Gasteiger partial charge in [0.1, 0.15) is 0 Å². The number of carbonyl (C=O) groups excluding carboxylic acids is 1. The molecule has 24 heavy (non-hydrogen) atoms. The summed E-state index contributed by atoms with van der Waals surface area (Å²) in [6.45, 7) is 2.32. The van der Waals surface area contributed by atoms with Gasteiger partial charge in [-0.15, -0.1) is 0 Å². The first-order chi connectivity index (χ1) is 11.5. The van der Waals surface area contributed by atoms with Crippen molar-refractivity contribution in [2.24, 2.45) is 0 Å². The van der Waals surface area contributed by atoms with Crippen LogP contribution < -0.4 is 5.32 Å². The normalized spacial score (nSPS) is 13.2. The summed E-state index contributed by atoms with van der Waals surface area (Å²) in [5.74, 6) is 0. The van der Waals surface area contributed by atoms with Crippen LogP contribution in [0, 0.1) is 0 Å². The molecule has 6 heteroatoms. The number of hydrogen-bond donors (Lipinski definition) is 1. The lowest BCUT2D eigenvalue weighted by molar-refractivity contribution is 0.101. The second kappa shape index (κ2) is 8.66. The van der Waals surface area contributed by atoms with Gasteiger partial charge in [0, 0.05) is 38.1 Å². The van der Waals surface area contributed by atoms with Crippen LogP contribution in [0.3, 0.4) is 0 Å². The molecule has 0 radical (unpaired) electrons. The molecule has 0 aliphatic heterocycles. The quantitative estimate of drug-likeness (QED) is 0.864. The van der Waals surface area contributed by atoms with Crippen molar-refractivity contribution in [1.29, 1.82) is 0 Å². The van der Waals surface area contributed by atoms with Crippen LogP contribution in [0.5, 0.6) is 0 Å². The SMILES string of the molecule is COC(CNC(=O)N(C)C(C)c1cccnc1)c1cccc(Cl)c1. The summed E-state index contributed by atoms with van der Waals surface area (Å²) in [5, 5.41) is 3.54. The van der Waals surface area contributed by atoms with Gasteiger partial charge in [-0.3, -0.25) is 4.98 Å². The van der Waals surface area contributed by atoms with Gasteiger partial charge >= 0.3 is 6.03 Å². The molecule has 0 saturated carbocycles. The zero-order valence-corrected chi connectivity index (χ0v) is 14.8. The minimum absolute atomic E-state index is 0.0779. The first-order valence-electron chi connectivity index (χ1n) is 7.71. The summed E-state index contributed by atoms with van der Waals surface area (Å²) >= 11 is 6.01. The van der Waals surface area contributed by atoms with Gasteiger partial charge in [-0.05, 0) is 36.2 Å². The molecule has 1 N–H and O–H groups in total. The van der Waals surface area contributed by atoms with Gasteiger partial charge < -0.3 is 15.0 Å². The van der Waals surface area contributed by atoms with Crippen LogP contribution in [0.25, 0.3) is 0 Å². The Morgan fingerprint density at radius 1 is 1.33 bits per heavy atom. The molecule has 2 atom stereocenters. The fourth-order valence-electron chi connectivity index (χ4n) is 2.37. The number of rotatable bonds is 6. The molecule has 128 valence electrons. The predicted octanol–water partition coefficient (Wildman–Crippen LogP) is 3.83. The van der Waals surface area contributed by atoms with Gasteiger partial charge in [0.15, 0.2) is 0 Å². The van der Waals surface area contributed by atoms with Crippen molar-refractivity contribution < 1.29 is 9.53 Å². The predicted molar refractivity (Wildman–Crippen MR) is 95.0 cm³/mol. The van der Waals surface area contributed by atoms with Crippen molar-refractivity contribution in [2.45, 2.75) is 19.1 Å². The van der Waals surface area contributed by atoms with Crippen molar-refractivity contribution in [3.05, 3.63) is 64.9 Å². The molecule has 2 aromatic rings. The van der Waals surface area contributed by atoms with Crippen molar-refractivity contribution in [3.63, 3.8) is 0 Å². The number of nitrogens with one attached hydrogen (secondary N) is 1. The Balaban J connectivity index is 1.96. The van der Waals surface area contributed by atoms with Gasteiger partial charge in [-0.25, -0.2) is 4.79 Å². The monoisotopic (exact) mass is 347 g/mol. The lowest BCUT2D eigenvalue weighted by Crippen LogP contribution is -2.40. The first-order valence-corrected chi connectivity index (χ1v) is 8.09. The van der Waals surface area contributed by atoms with Crippen LogP contribution in [0.1, 0.15) is 30.2 Å². The smallest absolute Gasteiger partial charge is 0.317 e. The highest BCUT2D eigenvalue weighted by Crippen LogP contribution is 2.21. The van der Waals surface area contributed by atoms with Crippen molar-refractivity contribution in [1.82, 2.24) is 15.2 Å². The van der Waals surface area contributed by atoms with Gasteiger partial charge in [-0.2, -0.15) is 0 Å². The summed E-state index contributed by atoms with van der Waals surface area (Å²) < 4.78 is 5.46. The number of urea groups is 1. The van der Waals surface area contributed by atoms with Crippen molar-refractivity contribution in [3.8, 4) is 0 Å². The number of hydrogen-bond acceptors (Lipinski definition) is 3. The Kier molecular flexibility index (Phi) is 6.58. The van der Waals surface area contributed by atoms with Gasteiger partial charge in [0.25, 0.3) is 0 Å². The van der Waals surface area contributed by atoms with E-state index in [4.69, 9.17) is 16.3 Å². The topological polar surface area (TPSA) is 54.5 Å². The molecule has 0 spiro atoms. The Hall–Kier alpha value is -2.11. The summed E-state index contributed by atoms with van der Waals surface area (Å²) in [6, 6.07) is 11.0. The number of carbonyl (C=O) groups is 1. The standard InChI is InChI=1S/C18H22ClN3O2/c1-13(15-7-5-9-20-11-15)22(2)18(23)21-12-17(24-3)14-6-4-8-16(19)10-14/h4-11,13,17H,12H2,1-3H3,(H,21,23). The molecular weight excluding hydrogens is 326 g/mol. The van der Waals surface area contributed by atoms with Crippen LogP contribution in [0.2, 0.25) is 5.02 Å². The molecule has 0 saturated heterocycles. The lowest BCUT2D eigenvalue weighted by atomic mass is 10.1. The largest absolute Gasteiger partial charge is 0.375 e. The fourth-order valence-corrected chi connectivity index (χ4v) is 2.57. The summed E-state index contributed by atoms with van der Waals surface area (Å²) in [7, 11) is 3.37. The number of halogens is 1. The third-order valence-corrected chi connectivity index (χ3v) is 4.25.